The van der Waals surface area contributed by atoms with E-state index in [4.69, 9.17) is 0 Å². The van der Waals surface area contributed by atoms with Crippen molar-refractivity contribution in [3.63, 3.8) is 0 Å². The Labute approximate surface area is 439 Å². The van der Waals surface area contributed by atoms with Crippen LogP contribution in [0.2, 0.25) is 0 Å². The molecule has 2 nitrogen and oxygen atoms in total. The van der Waals surface area contributed by atoms with Gasteiger partial charge in [0.25, 0.3) is 0 Å². The summed E-state index contributed by atoms with van der Waals surface area (Å²) in [6.07, 6.45) is 0. The van der Waals surface area contributed by atoms with Crippen LogP contribution in [0.25, 0.3) is 66.8 Å². The molecular formula is C73H50N2. The van der Waals surface area contributed by atoms with E-state index in [-0.39, 0.29) is 0 Å². The quantitative estimate of drug-likeness (QED) is 0.135. The molecule has 12 aromatic rings. The summed E-state index contributed by atoms with van der Waals surface area (Å²) < 4.78 is 0. The predicted molar refractivity (Wildman–Crippen MR) is 314 cm³/mol. The molecule has 0 radical (unpaired) electrons. The zero-order chi connectivity index (χ0) is 49.7. The van der Waals surface area contributed by atoms with Crippen molar-refractivity contribution in [3.8, 4) is 66.8 Å². The van der Waals surface area contributed by atoms with Crippen molar-refractivity contribution in [1.82, 2.24) is 0 Å². The molecule has 0 saturated heterocycles. The predicted octanol–water partition coefficient (Wildman–Crippen LogP) is 19.6. The highest BCUT2D eigenvalue weighted by atomic mass is 15.1. The third-order valence-electron chi connectivity index (χ3n) is 15.5. The fourth-order valence-corrected chi connectivity index (χ4v) is 12.0. The molecular weight excluding hydrogens is 905 g/mol. The maximum atomic E-state index is 2.49. The van der Waals surface area contributed by atoms with Crippen LogP contribution in [-0.4, -0.2) is 0 Å². The molecule has 352 valence electrons. The van der Waals surface area contributed by atoms with E-state index in [0.717, 1.165) is 34.1 Å². The van der Waals surface area contributed by atoms with Crippen LogP contribution in [0.5, 0.6) is 0 Å². The van der Waals surface area contributed by atoms with E-state index < -0.39 is 5.41 Å². The zero-order valence-corrected chi connectivity index (χ0v) is 41.3. The Hall–Kier alpha value is -9.76. The molecule has 2 aliphatic carbocycles. The Balaban J connectivity index is 0.921. The molecule has 0 heterocycles. The summed E-state index contributed by atoms with van der Waals surface area (Å²) in [6.45, 7) is 0. The van der Waals surface area contributed by atoms with Crippen LogP contribution in [0.1, 0.15) is 22.3 Å². The molecule has 0 bridgehead atoms. The van der Waals surface area contributed by atoms with Gasteiger partial charge >= 0.3 is 0 Å². The molecule has 0 fully saturated rings. The first-order chi connectivity index (χ1) is 37.2. The van der Waals surface area contributed by atoms with Crippen molar-refractivity contribution in [2.45, 2.75) is 5.41 Å². The Morgan fingerprint density at radius 2 is 0.413 bits per heavy atom. The molecule has 2 aliphatic rings. The fourth-order valence-electron chi connectivity index (χ4n) is 12.0. The van der Waals surface area contributed by atoms with E-state index in [1.165, 1.54) is 89.0 Å². The molecule has 0 N–H and O–H groups in total. The second kappa shape index (κ2) is 18.4. The highest BCUT2D eigenvalue weighted by Gasteiger charge is 2.52. The van der Waals surface area contributed by atoms with Crippen LogP contribution in [0.4, 0.5) is 34.1 Å². The van der Waals surface area contributed by atoms with Crippen molar-refractivity contribution < 1.29 is 0 Å². The van der Waals surface area contributed by atoms with Crippen LogP contribution in [0.15, 0.2) is 303 Å². The molecule has 12 aromatic carbocycles. The van der Waals surface area contributed by atoms with Crippen molar-refractivity contribution in [3.05, 3.63) is 326 Å². The first-order valence-corrected chi connectivity index (χ1v) is 25.9. The van der Waals surface area contributed by atoms with Gasteiger partial charge in [0, 0.05) is 34.1 Å². The van der Waals surface area contributed by atoms with E-state index in [1.807, 2.05) is 0 Å². The molecule has 0 amide bonds. The first-order valence-electron chi connectivity index (χ1n) is 25.9. The lowest BCUT2D eigenvalue weighted by atomic mass is 9.70. The summed E-state index contributed by atoms with van der Waals surface area (Å²) >= 11 is 0. The highest BCUT2D eigenvalue weighted by molar-refractivity contribution is 5.98. The number of rotatable bonds is 10. The standard InChI is InChI=1S/C73H50N2/c1-5-17-51(18-6-1)54-29-31-55(32-30-54)58-37-43-60(44-38-58)74(59-23-11-4-12-24-59)63-45-47-67-68-48-46-64(50-72(68)73(71(67)49-63)69-27-15-13-25-65(69)66-26-14-16-28-70(66)73)75(61-39-33-56(34-40-61)52-19-7-2-8-20-52)62-41-35-57(36-42-62)53-21-9-3-10-22-53/h1-50H. The Morgan fingerprint density at radius 1 is 0.173 bits per heavy atom. The number of benzene rings is 12. The summed E-state index contributed by atoms with van der Waals surface area (Å²) in [4.78, 5) is 4.84. The maximum absolute atomic E-state index is 2.49. The van der Waals surface area contributed by atoms with Gasteiger partial charge < -0.3 is 9.80 Å². The summed E-state index contributed by atoms with van der Waals surface area (Å²) in [5.74, 6) is 0. The molecule has 0 saturated carbocycles. The van der Waals surface area contributed by atoms with Gasteiger partial charge in [-0.15, -0.1) is 0 Å². The van der Waals surface area contributed by atoms with Crippen LogP contribution >= 0.6 is 0 Å². The van der Waals surface area contributed by atoms with Crippen LogP contribution in [0.3, 0.4) is 0 Å². The molecule has 1 spiro atoms. The lowest BCUT2D eigenvalue weighted by Crippen LogP contribution is -2.26. The third-order valence-corrected chi connectivity index (χ3v) is 15.5. The summed E-state index contributed by atoms with van der Waals surface area (Å²) in [6, 6.07) is 111. The normalized spacial score (nSPS) is 12.4. The second-order valence-electron chi connectivity index (χ2n) is 19.6. The van der Waals surface area contributed by atoms with E-state index in [0.29, 0.717) is 0 Å². The van der Waals surface area contributed by atoms with Crippen LogP contribution in [-0.2, 0) is 5.41 Å². The van der Waals surface area contributed by atoms with Crippen molar-refractivity contribution in [1.29, 1.82) is 0 Å². The molecule has 0 aromatic heterocycles. The van der Waals surface area contributed by atoms with Gasteiger partial charge in [0.05, 0.1) is 5.41 Å². The average Bonchev–Trinajstić information content (AvgIpc) is 4.01. The summed E-state index contributed by atoms with van der Waals surface area (Å²) in [7, 11) is 0. The molecule has 14 rings (SSSR count). The lowest BCUT2D eigenvalue weighted by Gasteiger charge is -2.33. The average molecular weight is 955 g/mol. The number of hydrogen-bond acceptors (Lipinski definition) is 2. The number of fused-ring (bicyclic) bond motifs is 10. The minimum atomic E-state index is -0.595. The Bertz CT molecular complexity index is 3870. The van der Waals surface area contributed by atoms with Crippen LogP contribution < -0.4 is 9.80 Å². The van der Waals surface area contributed by atoms with Gasteiger partial charge in [0.2, 0.25) is 0 Å². The number of hydrogen-bond donors (Lipinski definition) is 0. The first kappa shape index (κ1) is 44.0. The minimum absolute atomic E-state index is 0.595. The zero-order valence-electron chi connectivity index (χ0n) is 41.3. The number of para-hydroxylation sites is 1. The fraction of sp³-hybridized carbons (Fsp3) is 0.0137. The molecule has 0 atom stereocenters. The molecule has 0 aliphatic heterocycles. The van der Waals surface area contributed by atoms with Gasteiger partial charge in [-0.25, -0.2) is 0 Å². The van der Waals surface area contributed by atoms with Crippen molar-refractivity contribution in [2.75, 3.05) is 9.80 Å². The molecule has 75 heavy (non-hydrogen) atoms. The van der Waals surface area contributed by atoms with Crippen LogP contribution in [0, 0.1) is 0 Å². The largest absolute Gasteiger partial charge is 0.310 e. The van der Waals surface area contributed by atoms with Gasteiger partial charge in [0.1, 0.15) is 0 Å². The molecule has 0 unspecified atom stereocenters. The summed E-state index contributed by atoms with van der Waals surface area (Å²) in [5.41, 5.74) is 25.8. The lowest BCUT2D eigenvalue weighted by molar-refractivity contribution is 0.793. The van der Waals surface area contributed by atoms with E-state index in [1.54, 1.807) is 0 Å². The van der Waals surface area contributed by atoms with Crippen molar-refractivity contribution in [2.24, 2.45) is 0 Å². The minimum Gasteiger partial charge on any atom is -0.310 e. The van der Waals surface area contributed by atoms with Gasteiger partial charge in [-0.2, -0.15) is 0 Å². The topological polar surface area (TPSA) is 6.48 Å². The van der Waals surface area contributed by atoms with E-state index in [2.05, 4.69) is 313 Å². The monoisotopic (exact) mass is 954 g/mol. The second-order valence-corrected chi connectivity index (χ2v) is 19.6. The SMILES string of the molecule is c1ccc(-c2ccc(-c3ccc(N(c4ccccc4)c4ccc5c(c4)C4(c6ccccc6-c6ccccc64)c4cc(N(c6ccc(-c7ccccc7)cc6)c6ccc(-c7ccccc7)cc6)ccc4-5)cc3)cc2)cc1. The van der Waals surface area contributed by atoms with Gasteiger partial charge in [0.15, 0.2) is 0 Å². The Morgan fingerprint density at radius 3 is 0.760 bits per heavy atom. The van der Waals surface area contributed by atoms with Crippen molar-refractivity contribution >= 4 is 34.1 Å². The number of anilines is 6. The van der Waals surface area contributed by atoms with Gasteiger partial charge in [-0.05, 0) is 162 Å². The van der Waals surface area contributed by atoms with Gasteiger partial charge in [-0.1, -0.05) is 231 Å². The maximum Gasteiger partial charge on any atom is 0.0727 e. The van der Waals surface area contributed by atoms with E-state index in [9.17, 15) is 0 Å². The van der Waals surface area contributed by atoms with E-state index >= 15 is 0 Å². The smallest absolute Gasteiger partial charge is 0.0727 e. The molecule has 2 heteroatoms. The number of nitrogens with zero attached hydrogens (tertiary/aromatic N) is 2. The third kappa shape index (κ3) is 7.49. The summed E-state index contributed by atoms with van der Waals surface area (Å²) in [5, 5.41) is 0. The van der Waals surface area contributed by atoms with Gasteiger partial charge in [-0.3, -0.25) is 0 Å². The Kier molecular flexibility index (Phi) is 10.8. The highest BCUT2D eigenvalue weighted by Crippen LogP contribution is 2.64.